The molecule has 1 unspecified atom stereocenters. The van der Waals surface area contributed by atoms with Gasteiger partial charge in [-0.25, -0.2) is 0 Å². The van der Waals surface area contributed by atoms with Gasteiger partial charge in [0, 0.05) is 19.2 Å². The number of oxime groups is 1. The van der Waals surface area contributed by atoms with E-state index in [4.69, 9.17) is 5.21 Å². The van der Waals surface area contributed by atoms with E-state index in [2.05, 4.69) is 44.3 Å². The Hall–Kier alpha value is -1.24. The average molecular weight is 343 g/mol. The van der Waals surface area contributed by atoms with Crippen LogP contribution in [0.1, 0.15) is 17.9 Å². The van der Waals surface area contributed by atoms with Crippen molar-refractivity contribution in [1.82, 2.24) is 4.98 Å². The minimum absolute atomic E-state index is 0.0258. The highest BCUT2D eigenvalue weighted by Crippen LogP contribution is 2.21. The van der Waals surface area contributed by atoms with Crippen molar-refractivity contribution in [1.29, 1.82) is 0 Å². The van der Waals surface area contributed by atoms with Crippen molar-refractivity contribution in [2.75, 3.05) is 7.05 Å². The summed E-state index contributed by atoms with van der Waals surface area (Å²) in [5.74, 6) is 0.0258. The summed E-state index contributed by atoms with van der Waals surface area (Å²) in [6, 6.07) is 3.94. The summed E-state index contributed by atoms with van der Waals surface area (Å²) in [4.78, 5) is 8.37. The SMILES string of the molecule is C=CCC(C(C=NO)=NC)c1ccc(I)nc1. The molecule has 90 valence electrons. The fraction of sp³-hybridized carbons (Fsp3) is 0.250. The summed E-state index contributed by atoms with van der Waals surface area (Å²) < 4.78 is 0.939. The maximum Gasteiger partial charge on any atom is 0.101 e. The van der Waals surface area contributed by atoms with Crippen LogP contribution in [-0.4, -0.2) is 29.2 Å². The molecule has 1 rings (SSSR count). The largest absolute Gasteiger partial charge is 0.411 e. The minimum Gasteiger partial charge on any atom is -0.411 e. The summed E-state index contributed by atoms with van der Waals surface area (Å²) in [6.45, 7) is 3.74. The number of hydrogen-bond donors (Lipinski definition) is 1. The molecule has 0 radical (unpaired) electrons. The van der Waals surface area contributed by atoms with Crippen molar-refractivity contribution in [3.05, 3.63) is 40.2 Å². The summed E-state index contributed by atoms with van der Waals surface area (Å²) >= 11 is 2.16. The van der Waals surface area contributed by atoms with E-state index >= 15 is 0 Å². The highest BCUT2D eigenvalue weighted by atomic mass is 127. The van der Waals surface area contributed by atoms with E-state index in [0.29, 0.717) is 5.71 Å². The van der Waals surface area contributed by atoms with Crippen molar-refractivity contribution in [2.24, 2.45) is 10.1 Å². The highest BCUT2D eigenvalue weighted by Gasteiger charge is 2.15. The first-order chi connectivity index (χ1) is 8.22. The van der Waals surface area contributed by atoms with Gasteiger partial charge in [-0.1, -0.05) is 17.3 Å². The van der Waals surface area contributed by atoms with Crippen LogP contribution >= 0.6 is 22.6 Å². The molecule has 0 amide bonds. The second-order valence-electron chi connectivity index (χ2n) is 3.38. The Bertz CT molecular complexity index is 426. The van der Waals surface area contributed by atoms with Crippen LogP contribution in [0.3, 0.4) is 0 Å². The molecule has 0 spiro atoms. The molecular weight excluding hydrogens is 329 g/mol. The molecule has 0 aliphatic heterocycles. The molecule has 0 bridgehead atoms. The Balaban J connectivity index is 3.07. The third kappa shape index (κ3) is 3.92. The third-order valence-corrected chi connectivity index (χ3v) is 3.00. The third-order valence-electron chi connectivity index (χ3n) is 2.36. The first-order valence-corrected chi connectivity index (χ1v) is 6.17. The Morgan fingerprint density at radius 1 is 1.65 bits per heavy atom. The molecule has 0 saturated heterocycles. The second kappa shape index (κ2) is 7.16. The first kappa shape index (κ1) is 13.8. The summed E-state index contributed by atoms with van der Waals surface area (Å²) in [6.07, 6.45) is 5.71. The number of rotatable bonds is 5. The van der Waals surface area contributed by atoms with Crippen molar-refractivity contribution < 1.29 is 5.21 Å². The van der Waals surface area contributed by atoms with Gasteiger partial charge in [0.25, 0.3) is 0 Å². The van der Waals surface area contributed by atoms with E-state index in [9.17, 15) is 0 Å². The number of aliphatic imine (C=N–C) groups is 1. The van der Waals surface area contributed by atoms with Gasteiger partial charge in [-0.2, -0.15) is 0 Å². The standard InChI is InChI=1S/C12H14IN3O/c1-3-4-10(11(14-2)8-16-17)9-5-6-12(13)15-7-9/h3,5-8,10,17H,1,4H2,2H3. The molecule has 17 heavy (non-hydrogen) atoms. The number of halogens is 1. The van der Waals surface area contributed by atoms with Crippen LogP contribution in [0.4, 0.5) is 0 Å². The lowest BCUT2D eigenvalue weighted by atomic mass is 9.92. The van der Waals surface area contributed by atoms with Crippen molar-refractivity contribution >= 4 is 34.5 Å². The molecule has 1 atom stereocenters. The maximum absolute atomic E-state index is 8.62. The molecule has 0 saturated carbocycles. The van der Waals surface area contributed by atoms with Gasteiger partial charge in [0.05, 0.1) is 11.9 Å². The molecule has 0 fully saturated rings. The van der Waals surface area contributed by atoms with Crippen LogP contribution in [0.5, 0.6) is 0 Å². The fourth-order valence-electron chi connectivity index (χ4n) is 1.55. The molecule has 4 nitrogen and oxygen atoms in total. The number of hydrogen-bond acceptors (Lipinski definition) is 4. The van der Waals surface area contributed by atoms with Gasteiger partial charge < -0.3 is 5.21 Å². The normalized spacial score (nSPS) is 13.9. The smallest absolute Gasteiger partial charge is 0.101 e. The van der Waals surface area contributed by atoms with E-state index in [0.717, 1.165) is 15.7 Å². The van der Waals surface area contributed by atoms with Gasteiger partial charge in [0.15, 0.2) is 0 Å². The lowest BCUT2D eigenvalue weighted by Crippen LogP contribution is -2.14. The Labute approximate surface area is 114 Å². The number of aromatic nitrogens is 1. The molecular formula is C12H14IN3O. The van der Waals surface area contributed by atoms with Gasteiger partial charge in [-0.15, -0.1) is 6.58 Å². The molecule has 1 aromatic heterocycles. The maximum atomic E-state index is 8.62. The van der Waals surface area contributed by atoms with Crippen LogP contribution in [-0.2, 0) is 0 Å². The predicted molar refractivity (Wildman–Crippen MR) is 78.1 cm³/mol. The number of pyridine rings is 1. The molecule has 1 N–H and O–H groups in total. The van der Waals surface area contributed by atoms with E-state index in [-0.39, 0.29) is 5.92 Å². The average Bonchev–Trinajstić information content (AvgIpc) is 2.35. The lowest BCUT2D eigenvalue weighted by Gasteiger charge is -2.14. The lowest BCUT2D eigenvalue weighted by molar-refractivity contribution is 0.322. The van der Waals surface area contributed by atoms with Gasteiger partial charge in [0.2, 0.25) is 0 Å². The second-order valence-corrected chi connectivity index (χ2v) is 4.49. The zero-order chi connectivity index (χ0) is 12.7. The minimum atomic E-state index is 0.0258. The van der Waals surface area contributed by atoms with Crippen LogP contribution in [0.2, 0.25) is 0 Å². The monoisotopic (exact) mass is 343 g/mol. The zero-order valence-electron chi connectivity index (χ0n) is 9.55. The van der Waals surface area contributed by atoms with Crippen LogP contribution in [0.25, 0.3) is 0 Å². The van der Waals surface area contributed by atoms with Gasteiger partial charge in [0.1, 0.15) is 3.70 Å². The Morgan fingerprint density at radius 2 is 2.41 bits per heavy atom. The quantitative estimate of drug-likeness (QED) is 0.223. The molecule has 5 heteroatoms. The van der Waals surface area contributed by atoms with Crippen molar-refractivity contribution in [2.45, 2.75) is 12.3 Å². The summed E-state index contributed by atoms with van der Waals surface area (Å²) in [5.41, 5.74) is 1.74. The van der Waals surface area contributed by atoms with E-state index in [1.165, 1.54) is 6.21 Å². The molecule has 0 aromatic carbocycles. The molecule has 1 heterocycles. The fourth-order valence-corrected chi connectivity index (χ4v) is 1.87. The number of nitrogens with zero attached hydrogens (tertiary/aromatic N) is 3. The van der Waals surface area contributed by atoms with Gasteiger partial charge >= 0.3 is 0 Å². The van der Waals surface area contributed by atoms with E-state index < -0.39 is 0 Å². The summed E-state index contributed by atoms with van der Waals surface area (Å²) in [5, 5.41) is 11.7. The first-order valence-electron chi connectivity index (χ1n) is 5.09. The molecule has 1 aromatic rings. The predicted octanol–water partition coefficient (Wildman–Crippen LogP) is 2.88. The van der Waals surface area contributed by atoms with Gasteiger partial charge in [-0.05, 0) is 40.6 Å². The van der Waals surface area contributed by atoms with Crippen LogP contribution in [0.15, 0.2) is 41.1 Å². The van der Waals surface area contributed by atoms with Gasteiger partial charge in [-0.3, -0.25) is 9.98 Å². The highest BCUT2D eigenvalue weighted by molar-refractivity contribution is 14.1. The topological polar surface area (TPSA) is 57.8 Å². The summed E-state index contributed by atoms with van der Waals surface area (Å²) in [7, 11) is 1.67. The zero-order valence-corrected chi connectivity index (χ0v) is 11.7. The number of allylic oxidation sites excluding steroid dienone is 1. The van der Waals surface area contributed by atoms with Crippen LogP contribution in [0, 0.1) is 3.70 Å². The van der Waals surface area contributed by atoms with Crippen molar-refractivity contribution in [3.8, 4) is 0 Å². The molecule has 0 aliphatic carbocycles. The Morgan fingerprint density at radius 3 is 2.88 bits per heavy atom. The Kier molecular flexibility index (Phi) is 5.82. The van der Waals surface area contributed by atoms with E-state index in [1.807, 2.05) is 24.4 Å². The van der Waals surface area contributed by atoms with Crippen LogP contribution < -0.4 is 0 Å². The molecule has 0 aliphatic rings. The van der Waals surface area contributed by atoms with Crippen molar-refractivity contribution in [3.63, 3.8) is 0 Å². The van der Waals surface area contributed by atoms with E-state index in [1.54, 1.807) is 7.05 Å².